The van der Waals surface area contributed by atoms with Crippen LogP contribution < -0.4 is 10.6 Å². The van der Waals surface area contributed by atoms with Crippen molar-refractivity contribution in [1.29, 1.82) is 0 Å². The van der Waals surface area contributed by atoms with Crippen molar-refractivity contribution in [2.75, 3.05) is 59.4 Å². The monoisotopic (exact) mass is 932 g/mol. The Morgan fingerprint density at radius 1 is 0.534 bits per heavy atom. The summed E-state index contributed by atoms with van der Waals surface area (Å²) < 4.78 is 21.7. The Kier molecular flexibility index (Phi) is 31.9. The molecular formula is C38H64N2O12S6. The van der Waals surface area contributed by atoms with E-state index in [0.717, 1.165) is 38.5 Å². The summed E-state index contributed by atoms with van der Waals surface area (Å²) in [7, 11) is 10.3. The fourth-order valence-electron chi connectivity index (χ4n) is 5.60. The van der Waals surface area contributed by atoms with Crippen molar-refractivity contribution in [2.45, 2.75) is 142 Å². The third-order valence-corrected chi connectivity index (χ3v) is 22.5. The molecule has 2 rings (SSSR count). The number of Topliss-reactive ketones (excluding diaryl/α,β-unsaturated/α-hetero) is 2. The van der Waals surface area contributed by atoms with Gasteiger partial charge in [-0.1, -0.05) is 98.6 Å². The number of unbranched alkanes of at least 4 members (excludes halogenated alkanes) is 13. The Labute approximate surface area is 367 Å². The number of nitrogens with one attached hydrogen (secondary N) is 2. The number of carbonyl (C=O) groups is 6. The molecule has 58 heavy (non-hydrogen) atoms. The summed E-state index contributed by atoms with van der Waals surface area (Å²) >= 11 is 0. The maximum Gasteiger partial charge on any atom is 0.326 e. The molecule has 4 N–H and O–H groups in total. The lowest BCUT2D eigenvalue weighted by Crippen LogP contribution is -2.41. The number of rotatable bonds is 40. The largest absolute Gasteiger partial charge is 0.481 e. The lowest BCUT2D eigenvalue weighted by atomic mass is 10.0. The van der Waals surface area contributed by atoms with Gasteiger partial charge in [0.05, 0.1) is 33.0 Å². The number of aliphatic carboxylic acids is 2. The van der Waals surface area contributed by atoms with Gasteiger partial charge in [-0.15, -0.1) is 0 Å². The second kappa shape index (κ2) is 34.7. The fourth-order valence-corrected chi connectivity index (χ4v) is 18.8. The van der Waals surface area contributed by atoms with Crippen LogP contribution in [0.1, 0.15) is 128 Å². The molecule has 334 valence electrons. The molecule has 1 spiro atoms. The van der Waals surface area contributed by atoms with Crippen LogP contribution in [0.25, 0.3) is 0 Å². The van der Waals surface area contributed by atoms with Crippen LogP contribution in [0.3, 0.4) is 0 Å². The molecule has 2 heterocycles. The first-order valence-electron chi connectivity index (χ1n) is 20.5. The Balaban J connectivity index is 1.31. The smallest absolute Gasteiger partial charge is 0.326 e. The van der Waals surface area contributed by atoms with Crippen LogP contribution in [0, 0.1) is 0 Å². The van der Waals surface area contributed by atoms with Gasteiger partial charge < -0.3 is 39.8 Å². The van der Waals surface area contributed by atoms with E-state index in [-0.39, 0.29) is 89.2 Å². The molecule has 0 aromatic heterocycles. The summed E-state index contributed by atoms with van der Waals surface area (Å²) in [5.41, 5.74) is 0. The Bertz CT molecular complexity index is 1190. The van der Waals surface area contributed by atoms with Crippen molar-refractivity contribution in [1.82, 2.24) is 10.6 Å². The Hall–Kier alpha value is -0.840. The highest BCUT2D eigenvalue weighted by molar-refractivity contribution is 9.14. The second-order valence-electron chi connectivity index (χ2n) is 14.0. The highest BCUT2D eigenvalue weighted by atomic mass is 33.2. The molecular weight excluding hydrogens is 869 g/mol. The van der Waals surface area contributed by atoms with Crippen LogP contribution in [0.2, 0.25) is 0 Å². The molecule has 2 fully saturated rings. The summed E-state index contributed by atoms with van der Waals surface area (Å²) in [6.45, 7) is 1.98. The van der Waals surface area contributed by atoms with Crippen LogP contribution in [-0.4, -0.2) is 118 Å². The molecule has 14 nitrogen and oxygen atoms in total. The zero-order valence-corrected chi connectivity index (χ0v) is 38.5. The molecule has 2 amide bonds. The van der Waals surface area contributed by atoms with E-state index in [1.807, 2.05) is 21.6 Å². The molecule has 0 aliphatic carbocycles. The van der Waals surface area contributed by atoms with Gasteiger partial charge in [-0.05, 0) is 68.9 Å². The summed E-state index contributed by atoms with van der Waals surface area (Å²) in [6.07, 6.45) is 16.6. The molecule has 2 saturated heterocycles. The average molecular weight is 933 g/mol. The number of hydrogen-bond acceptors (Lipinski definition) is 16. The zero-order chi connectivity index (χ0) is 42.1. The Morgan fingerprint density at radius 2 is 1.05 bits per heavy atom. The first-order chi connectivity index (χ1) is 28.1. The number of carboxylic acids is 2. The van der Waals surface area contributed by atoms with Crippen LogP contribution in [-0.2, 0) is 47.7 Å². The van der Waals surface area contributed by atoms with Gasteiger partial charge in [0.2, 0.25) is 11.8 Å². The Morgan fingerprint density at radius 3 is 1.60 bits per heavy atom. The first-order valence-corrected chi connectivity index (χ1v) is 27.1. The third-order valence-electron chi connectivity index (χ3n) is 8.88. The van der Waals surface area contributed by atoms with E-state index in [2.05, 4.69) is 10.6 Å². The van der Waals surface area contributed by atoms with Gasteiger partial charge in [0.15, 0.2) is 8.53 Å². The topological polar surface area (TPSA) is 204 Å². The van der Waals surface area contributed by atoms with E-state index in [1.54, 1.807) is 43.2 Å². The molecule has 0 bridgehead atoms. The molecule has 0 aromatic rings. The number of carbonyl (C=O) groups excluding carboxylic acids is 4. The molecule has 1 atom stereocenters. The minimum atomic E-state index is -1.15. The van der Waals surface area contributed by atoms with Crippen molar-refractivity contribution >= 4 is 100 Å². The van der Waals surface area contributed by atoms with E-state index >= 15 is 0 Å². The van der Waals surface area contributed by atoms with Crippen molar-refractivity contribution in [3.8, 4) is 0 Å². The van der Waals surface area contributed by atoms with E-state index in [4.69, 9.17) is 24.1 Å². The highest BCUT2D eigenvalue weighted by Gasteiger charge is 2.53. The van der Waals surface area contributed by atoms with E-state index in [0.29, 0.717) is 45.8 Å². The van der Waals surface area contributed by atoms with Crippen molar-refractivity contribution in [3.05, 3.63) is 0 Å². The predicted molar refractivity (Wildman–Crippen MR) is 238 cm³/mol. The quantitative estimate of drug-likeness (QED) is 0.0262. The fraction of sp³-hybridized carbons (Fsp3) is 0.842. The van der Waals surface area contributed by atoms with Gasteiger partial charge in [-0.2, -0.15) is 0 Å². The number of hydrogen-bond donors (Lipinski definition) is 4. The number of ether oxygens (including phenoxy) is 4. The van der Waals surface area contributed by atoms with Crippen molar-refractivity contribution < 1.29 is 57.9 Å². The summed E-state index contributed by atoms with van der Waals surface area (Å²) in [6, 6.07) is -1.09. The molecule has 0 saturated carbocycles. The van der Waals surface area contributed by atoms with Crippen LogP contribution in [0.15, 0.2) is 0 Å². The van der Waals surface area contributed by atoms with Gasteiger partial charge >= 0.3 is 11.9 Å². The van der Waals surface area contributed by atoms with Crippen LogP contribution in [0.5, 0.6) is 0 Å². The molecule has 20 heteroatoms. The van der Waals surface area contributed by atoms with Gasteiger partial charge in [-0.25, -0.2) is 4.79 Å². The second-order valence-corrected chi connectivity index (χ2v) is 23.4. The van der Waals surface area contributed by atoms with Crippen molar-refractivity contribution in [3.63, 3.8) is 0 Å². The third kappa shape index (κ3) is 29.4. The molecule has 0 unspecified atom stereocenters. The highest BCUT2D eigenvalue weighted by Crippen LogP contribution is 2.84. The van der Waals surface area contributed by atoms with Gasteiger partial charge in [-0.3, -0.25) is 24.0 Å². The standard InChI is InChI=1S/C38H64N2O12S6/c41-30(19-20-31(36(47)48)40-33(43)17-13-11-9-7-5-3-1-2-4-6-8-10-12-14-18-35(45)46)16-15-22-49-24-27-52-29-34(44)39-21-23-50-25-26-51-28-32(42)37-53-55-38(56-54-37)57-58-38/h31,37H,1-29H2,(H,39,44)(H,40,43)(H,45,46)(H,47,48)/t31-/m0/s1. The average Bonchev–Trinajstić information content (AvgIpc) is 3.96. The van der Waals surface area contributed by atoms with Crippen LogP contribution in [0.4, 0.5) is 0 Å². The maximum absolute atomic E-state index is 12.3. The minimum Gasteiger partial charge on any atom is -0.481 e. The lowest BCUT2D eigenvalue weighted by Gasteiger charge is -2.22. The normalized spacial score (nSPS) is 15.2. The summed E-state index contributed by atoms with van der Waals surface area (Å²) in [4.78, 5) is 71.0. The lowest BCUT2D eigenvalue weighted by molar-refractivity contribution is -0.142. The van der Waals surface area contributed by atoms with Gasteiger partial charge in [0.25, 0.3) is 0 Å². The SMILES string of the molecule is O=C(O)CCCCCCCCCCCCCCCCC(=O)N[C@@H](CCC(=O)CCCOCCOCC(=O)NCCOCCOCC(=O)C1SSC2(SS1)SS2)C(=O)O. The molecule has 0 radical (unpaired) electrons. The molecule has 0 aromatic carbocycles. The van der Waals surface area contributed by atoms with E-state index < -0.39 is 18.0 Å². The molecule has 2 aliphatic rings. The minimum absolute atomic E-state index is 0.0451. The number of amides is 2. The summed E-state index contributed by atoms with van der Waals surface area (Å²) in [5, 5.41) is 23.4. The van der Waals surface area contributed by atoms with Gasteiger partial charge in [0.1, 0.15) is 29.6 Å². The van der Waals surface area contributed by atoms with E-state index in [9.17, 15) is 33.9 Å². The van der Waals surface area contributed by atoms with Crippen molar-refractivity contribution in [2.24, 2.45) is 0 Å². The maximum atomic E-state index is 12.3. The van der Waals surface area contributed by atoms with Gasteiger partial charge in [0, 0.05) is 38.8 Å². The zero-order valence-electron chi connectivity index (χ0n) is 33.6. The number of ketones is 2. The predicted octanol–water partition coefficient (Wildman–Crippen LogP) is 7.87. The molecule has 2 aliphatic heterocycles. The summed E-state index contributed by atoms with van der Waals surface area (Å²) in [5.74, 6) is -2.47. The number of carboxylic acid groups (broad SMARTS) is 2. The first kappa shape index (κ1) is 53.3. The van der Waals surface area contributed by atoms with Crippen LogP contribution >= 0.6 is 64.8 Å². The van der Waals surface area contributed by atoms with E-state index in [1.165, 1.54) is 44.9 Å².